The molecule has 1 aromatic carbocycles. The number of benzene rings is 1. The summed E-state index contributed by atoms with van der Waals surface area (Å²) in [5.74, 6) is -0.286. The monoisotopic (exact) mass is 502 g/mol. The van der Waals surface area contributed by atoms with Crippen LogP contribution < -0.4 is 21.3 Å². The molecule has 1 rings (SSSR count). The topological polar surface area (TPSA) is 116 Å². The van der Waals surface area contributed by atoms with E-state index in [9.17, 15) is 19.2 Å². The molecule has 202 valence electrons. The SMILES string of the molecule is CC(C)CNC(=O)[C@@H](CC(C)C)NC(=O)c1cccc(C(=O)N[C@H](CC(C)C)C(=O)NCC(C)C)c1. The van der Waals surface area contributed by atoms with E-state index >= 15 is 0 Å². The first-order valence-corrected chi connectivity index (χ1v) is 13.1. The van der Waals surface area contributed by atoms with E-state index in [1.165, 1.54) is 6.07 Å². The third-order valence-corrected chi connectivity index (χ3v) is 5.41. The third-order valence-electron chi connectivity index (χ3n) is 5.41. The molecule has 1 aromatic rings. The second-order valence-corrected chi connectivity index (χ2v) is 11.2. The molecule has 0 aliphatic rings. The molecule has 0 aromatic heterocycles. The van der Waals surface area contributed by atoms with Crippen LogP contribution in [0.3, 0.4) is 0 Å². The summed E-state index contributed by atoms with van der Waals surface area (Å²) in [5.41, 5.74) is 0.551. The van der Waals surface area contributed by atoms with Crippen LogP contribution in [0.4, 0.5) is 0 Å². The first-order chi connectivity index (χ1) is 16.8. The molecule has 4 N–H and O–H groups in total. The summed E-state index contributed by atoms with van der Waals surface area (Å²) in [6.45, 7) is 17.0. The molecule has 36 heavy (non-hydrogen) atoms. The zero-order valence-corrected chi connectivity index (χ0v) is 23.2. The van der Waals surface area contributed by atoms with Crippen LogP contribution >= 0.6 is 0 Å². The van der Waals surface area contributed by atoms with Crippen LogP contribution in [-0.4, -0.2) is 48.8 Å². The predicted octanol–water partition coefficient (Wildman–Crippen LogP) is 3.52. The second kappa shape index (κ2) is 15.3. The van der Waals surface area contributed by atoms with Gasteiger partial charge in [0.1, 0.15) is 12.1 Å². The Morgan fingerprint density at radius 2 is 0.972 bits per heavy atom. The maximum atomic E-state index is 13.0. The Bertz CT molecular complexity index is 813. The summed E-state index contributed by atoms with van der Waals surface area (Å²) >= 11 is 0. The van der Waals surface area contributed by atoms with Crippen molar-refractivity contribution < 1.29 is 19.2 Å². The van der Waals surface area contributed by atoms with E-state index in [0.717, 1.165) is 0 Å². The van der Waals surface area contributed by atoms with E-state index in [-0.39, 0.29) is 34.8 Å². The van der Waals surface area contributed by atoms with E-state index in [1.54, 1.807) is 18.2 Å². The van der Waals surface area contributed by atoms with Crippen LogP contribution in [0.5, 0.6) is 0 Å². The summed E-state index contributed by atoms with van der Waals surface area (Å²) in [6, 6.07) is 4.97. The van der Waals surface area contributed by atoms with Gasteiger partial charge in [0.2, 0.25) is 11.8 Å². The van der Waals surface area contributed by atoms with E-state index < -0.39 is 23.9 Å². The number of hydrogen-bond acceptors (Lipinski definition) is 4. The number of carbonyl (C=O) groups is 4. The fourth-order valence-corrected chi connectivity index (χ4v) is 3.55. The molecular formula is C28H46N4O4. The van der Waals surface area contributed by atoms with E-state index in [2.05, 4.69) is 21.3 Å². The number of carbonyl (C=O) groups excluding carboxylic acids is 4. The van der Waals surface area contributed by atoms with E-state index in [1.807, 2.05) is 55.4 Å². The van der Waals surface area contributed by atoms with Crippen LogP contribution in [0.15, 0.2) is 24.3 Å². The molecule has 0 spiro atoms. The van der Waals surface area contributed by atoms with Crippen molar-refractivity contribution in [3.63, 3.8) is 0 Å². The van der Waals surface area contributed by atoms with Crippen LogP contribution in [-0.2, 0) is 9.59 Å². The Hall–Kier alpha value is -2.90. The lowest BCUT2D eigenvalue weighted by atomic mass is 10.0. The van der Waals surface area contributed by atoms with Gasteiger partial charge in [-0.1, -0.05) is 61.5 Å². The highest BCUT2D eigenvalue weighted by atomic mass is 16.2. The lowest BCUT2D eigenvalue weighted by Crippen LogP contribution is -2.48. The fraction of sp³-hybridized carbons (Fsp3) is 0.643. The minimum atomic E-state index is -0.672. The van der Waals surface area contributed by atoms with Crippen LogP contribution in [0.2, 0.25) is 0 Å². The molecular weight excluding hydrogens is 456 g/mol. The molecule has 0 saturated carbocycles. The van der Waals surface area contributed by atoms with Crippen molar-refractivity contribution in [2.75, 3.05) is 13.1 Å². The van der Waals surface area contributed by atoms with Gasteiger partial charge in [0, 0.05) is 24.2 Å². The molecule has 0 bridgehead atoms. The van der Waals surface area contributed by atoms with Crippen molar-refractivity contribution in [2.24, 2.45) is 23.7 Å². The Kier molecular flexibility index (Phi) is 13.2. The van der Waals surface area contributed by atoms with Crippen LogP contribution in [0.25, 0.3) is 0 Å². The van der Waals surface area contributed by atoms with Gasteiger partial charge in [0.15, 0.2) is 0 Å². The highest BCUT2D eigenvalue weighted by molar-refractivity contribution is 6.02. The maximum Gasteiger partial charge on any atom is 0.251 e. The van der Waals surface area contributed by atoms with Crippen molar-refractivity contribution in [3.05, 3.63) is 35.4 Å². The Labute approximate surface area is 216 Å². The molecule has 8 heteroatoms. The van der Waals surface area contributed by atoms with Gasteiger partial charge >= 0.3 is 0 Å². The quantitative estimate of drug-likeness (QED) is 0.311. The fourth-order valence-electron chi connectivity index (χ4n) is 3.55. The molecule has 8 nitrogen and oxygen atoms in total. The summed E-state index contributed by atoms with van der Waals surface area (Å²) < 4.78 is 0. The van der Waals surface area contributed by atoms with Gasteiger partial charge in [-0.05, 0) is 54.7 Å². The van der Waals surface area contributed by atoms with Crippen molar-refractivity contribution in [1.82, 2.24) is 21.3 Å². The summed E-state index contributed by atoms with van der Waals surface area (Å²) in [4.78, 5) is 51.3. The van der Waals surface area contributed by atoms with Crippen molar-refractivity contribution in [3.8, 4) is 0 Å². The number of amides is 4. The third kappa shape index (κ3) is 11.7. The molecule has 0 unspecified atom stereocenters. The average Bonchev–Trinajstić information content (AvgIpc) is 2.79. The normalized spacial score (nSPS) is 13.0. The number of nitrogens with one attached hydrogen (secondary N) is 4. The highest BCUT2D eigenvalue weighted by Gasteiger charge is 2.25. The first-order valence-electron chi connectivity index (χ1n) is 13.1. The standard InChI is InChI=1S/C28H46N4O4/c1-17(2)12-23(27(35)29-15-19(5)6)31-25(33)21-10-9-11-22(14-21)26(34)32-24(13-18(3)4)28(36)30-16-20(7)8/h9-11,14,17-20,23-24H,12-13,15-16H2,1-8H3,(H,29,35)(H,30,36)(H,31,33)(H,32,34)/t23-,24-/m1/s1. The van der Waals surface area contributed by atoms with Gasteiger partial charge in [-0.3, -0.25) is 19.2 Å². The van der Waals surface area contributed by atoms with Gasteiger partial charge in [-0.15, -0.1) is 0 Å². The second-order valence-electron chi connectivity index (χ2n) is 11.2. The average molecular weight is 503 g/mol. The Morgan fingerprint density at radius 1 is 0.611 bits per heavy atom. The zero-order valence-electron chi connectivity index (χ0n) is 23.2. The number of rotatable bonds is 14. The molecule has 0 heterocycles. The molecule has 0 saturated heterocycles. The lowest BCUT2D eigenvalue weighted by Gasteiger charge is -2.22. The largest absolute Gasteiger partial charge is 0.354 e. The van der Waals surface area contributed by atoms with E-state index in [4.69, 9.17) is 0 Å². The maximum absolute atomic E-state index is 13.0. The van der Waals surface area contributed by atoms with Crippen molar-refractivity contribution in [2.45, 2.75) is 80.3 Å². The Balaban J connectivity index is 2.98. The van der Waals surface area contributed by atoms with Crippen molar-refractivity contribution in [1.29, 1.82) is 0 Å². The van der Waals surface area contributed by atoms with Gasteiger partial charge < -0.3 is 21.3 Å². The minimum Gasteiger partial charge on any atom is -0.354 e. The van der Waals surface area contributed by atoms with Gasteiger partial charge in [0.25, 0.3) is 11.8 Å². The summed E-state index contributed by atoms with van der Waals surface area (Å²) in [7, 11) is 0. The minimum absolute atomic E-state index is 0.206. The van der Waals surface area contributed by atoms with Gasteiger partial charge in [-0.2, -0.15) is 0 Å². The summed E-state index contributed by atoms with van der Waals surface area (Å²) in [6.07, 6.45) is 0.996. The predicted molar refractivity (Wildman–Crippen MR) is 144 cm³/mol. The highest BCUT2D eigenvalue weighted by Crippen LogP contribution is 2.11. The molecule has 0 aliphatic heterocycles. The van der Waals surface area contributed by atoms with Gasteiger partial charge in [0.05, 0.1) is 0 Å². The first kappa shape index (κ1) is 31.1. The zero-order chi connectivity index (χ0) is 27.4. The Morgan fingerprint density at radius 3 is 1.28 bits per heavy atom. The smallest absolute Gasteiger partial charge is 0.251 e. The lowest BCUT2D eigenvalue weighted by molar-refractivity contribution is -0.124. The molecule has 2 atom stereocenters. The molecule has 0 aliphatic carbocycles. The van der Waals surface area contributed by atoms with Crippen LogP contribution in [0, 0.1) is 23.7 Å². The van der Waals surface area contributed by atoms with Crippen LogP contribution in [0.1, 0.15) is 88.9 Å². The summed E-state index contributed by atoms with van der Waals surface area (Å²) in [5, 5.41) is 11.4. The van der Waals surface area contributed by atoms with E-state index in [0.29, 0.717) is 37.8 Å². The van der Waals surface area contributed by atoms with Crippen molar-refractivity contribution >= 4 is 23.6 Å². The molecule has 0 fully saturated rings. The number of hydrogen-bond donors (Lipinski definition) is 4. The van der Waals surface area contributed by atoms with Gasteiger partial charge in [-0.25, -0.2) is 0 Å². The molecule has 0 radical (unpaired) electrons. The molecule has 4 amide bonds.